The van der Waals surface area contributed by atoms with Crippen molar-refractivity contribution >= 4 is 49.8 Å². The molecule has 0 saturated heterocycles. The molecule has 11 aromatic rings. The van der Waals surface area contributed by atoms with Crippen molar-refractivity contribution in [3.8, 4) is 55.6 Å². The minimum Gasteiger partial charge on any atom is -0.456 e. The number of nitrogens with zero attached hydrogens (tertiary/aromatic N) is 1. The Morgan fingerprint density at radius 2 is 0.838 bits per heavy atom. The van der Waals surface area contributed by atoms with Gasteiger partial charge >= 0.3 is 0 Å². The minimum absolute atomic E-state index is 0.00963. The molecular weight excluding hydrogens is 823 g/mol. The van der Waals surface area contributed by atoms with E-state index in [0.29, 0.717) is 0 Å². The smallest absolute Gasteiger partial charge is 0.135 e. The summed E-state index contributed by atoms with van der Waals surface area (Å²) in [6.45, 7) is 13.9. The Morgan fingerprint density at radius 3 is 1.53 bits per heavy atom. The highest BCUT2D eigenvalue weighted by Crippen LogP contribution is 2.47. The molecule has 2 nitrogen and oxygen atoms in total. The molecule has 0 N–H and O–H groups in total. The molecule has 0 saturated carbocycles. The van der Waals surface area contributed by atoms with Crippen molar-refractivity contribution in [3.63, 3.8) is 0 Å². The van der Waals surface area contributed by atoms with E-state index in [-0.39, 0.29) is 10.8 Å². The number of furan rings is 1. The highest BCUT2D eigenvalue weighted by atomic mass is 16.3. The maximum absolute atomic E-state index is 6.24. The first-order chi connectivity index (χ1) is 33.0. The van der Waals surface area contributed by atoms with Crippen molar-refractivity contribution in [2.45, 2.75) is 52.4 Å². The van der Waals surface area contributed by atoms with Crippen molar-refractivity contribution < 1.29 is 4.42 Å². The number of fused-ring (bicyclic) bond motifs is 4. The molecule has 0 amide bonds. The summed E-state index contributed by atoms with van der Waals surface area (Å²) in [6, 6.07) is 82.1. The summed E-state index contributed by atoms with van der Waals surface area (Å²) in [5.74, 6) is 0. The zero-order chi connectivity index (χ0) is 46.6. The van der Waals surface area contributed by atoms with Crippen molar-refractivity contribution in [3.05, 3.63) is 236 Å². The molecule has 0 aliphatic rings. The van der Waals surface area contributed by atoms with Crippen LogP contribution in [0.25, 0.3) is 88.3 Å². The highest BCUT2D eigenvalue weighted by molar-refractivity contribution is 6.09. The number of hydrogen-bond acceptors (Lipinski definition) is 2. The van der Waals surface area contributed by atoms with Crippen LogP contribution in [-0.2, 0) is 10.8 Å². The average Bonchev–Trinajstić information content (AvgIpc) is 3.74. The van der Waals surface area contributed by atoms with Crippen molar-refractivity contribution in [1.29, 1.82) is 0 Å². The molecule has 2 heteroatoms. The molecule has 11 rings (SSSR count). The molecule has 0 aliphatic carbocycles. The van der Waals surface area contributed by atoms with Gasteiger partial charge in [0.25, 0.3) is 0 Å². The second-order valence-corrected chi connectivity index (χ2v) is 20.2. The Hall–Kier alpha value is -7.94. The molecule has 0 bridgehead atoms. The number of anilines is 3. The van der Waals surface area contributed by atoms with Crippen LogP contribution in [0.2, 0.25) is 0 Å². The van der Waals surface area contributed by atoms with E-state index >= 15 is 0 Å². The third-order valence-corrected chi connectivity index (χ3v) is 13.6. The fraction of sp³-hybridized carbons (Fsp3) is 0.121. The largest absolute Gasteiger partial charge is 0.456 e. The van der Waals surface area contributed by atoms with Gasteiger partial charge in [0.2, 0.25) is 0 Å². The van der Waals surface area contributed by atoms with E-state index in [1.54, 1.807) is 0 Å². The number of hydrogen-bond donors (Lipinski definition) is 0. The molecule has 10 aromatic carbocycles. The van der Waals surface area contributed by atoms with E-state index in [2.05, 4.69) is 259 Å². The minimum atomic E-state index is -0.00963. The lowest BCUT2D eigenvalue weighted by atomic mass is 9.78. The Bertz CT molecular complexity index is 3580. The lowest BCUT2D eigenvalue weighted by Crippen LogP contribution is -2.16. The van der Waals surface area contributed by atoms with Gasteiger partial charge in [-0.3, -0.25) is 0 Å². The van der Waals surface area contributed by atoms with Crippen LogP contribution in [0.5, 0.6) is 0 Å². The fourth-order valence-corrected chi connectivity index (χ4v) is 9.80. The van der Waals surface area contributed by atoms with Gasteiger partial charge in [0.05, 0.1) is 5.69 Å². The van der Waals surface area contributed by atoms with Gasteiger partial charge in [-0.05, 0) is 131 Å². The predicted molar refractivity (Wildman–Crippen MR) is 290 cm³/mol. The molecule has 0 radical (unpaired) electrons. The van der Waals surface area contributed by atoms with E-state index in [0.717, 1.165) is 55.7 Å². The van der Waals surface area contributed by atoms with Crippen LogP contribution in [0.1, 0.15) is 52.7 Å². The summed E-state index contributed by atoms with van der Waals surface area (Å²) in [7, 11) is 0. The van der Waals surface area contributed by atoms with Gasteiger partial charge in [0.1, 0.15) is 11.2 Å². The van der Waals surface area contributed by atoms with Crippen LogP contribution in [0, 0.1) is 0 Å². The van der Waals surface area contributed by atoms with Crippen molar-refractivity contribution in [1.82, 2.24) is 0 Å². The van der Waals surface area contributed by atoms with E-state index < -0.39 is 0 Å². The average molecular weight is 878 g/mol. The monoisotopic (exact) mass is 877 g/mol. The van der Waals surface area contributed by atoms with Crippen LogP contribution in [0.15, 0.2) is 229 Å². The zero-order valence-corrected chi connectivity index (χ0v) is 39.7. The van der Waals surface area contributed by atoms with Crippen LogP contribution in [0.3, 0.4) is 0 Å². The summed E-state index contributed by atoms with van der Waals surface area (Å²) < 4.78 is 6.24. The topological polar surface area (TPSA) is 16.4 Å². The second-order valence-electron chi connectivity index (χ2n) is 20.2. The predicted octanol–water partition coefficient (Wildman–Crippen LogP) is 19.1. The fourth-order valence-electron chi connectivity index (χ4n) is 9.80. The van der Waals surface area contributed by atoms with Crippen molar-refractivity contribution in [2.75, 3.05) is 4.90 Å². The number of rotatable bonds is 8. The Balaban J connectivity index is 1.08. The molecule has 0 atom stereocenters. The standard InChI is InChI=1S/C66H55NO/c1-65(2,3)52-39-51(40-53(43-52)66(4,5)6)56-25-15-19-48-20-16-26-59(64(48)56)57-23-10-12-27-61(57)67(54-36-33-47(34-37-54)46-31-29-45(30-32-46)44-17-8-7-9-18-44)55-22-14-21-49(41-55)50-35-38-63-60(42-50)58-24-11-13-28-62(58)68-63/h7-43H,1-6H3. The van der Waals surface area contributed by atoms with Crippen LogP contribution < -0.4 is 4.90 Å². The van der Waals surface area contributed by atoms with Gasteiger partial charge in [0, 0.05) is 27.7 Å². The molecule has 330 valence electrons. The van der Waals surface area contributed by atoms with Gasteiger partial charge in [-0.1, -0.05) is 217 Å². The maximum atomic E-state index is 6.24. The highest BCUT2D eigenvalue weighted by Gasteiger charge is 2.24. The molecule has 0 fully saturated rings. The SMILES string of the molecule is CC(C)(C)c1cc(-c2cccc3cccc(-c4ccccc4N(c4ccc(-c5ccc(-c6ccccc6)cc5)cc4)c4cccc(-c5ccc6oc7ccccc7c6c5)c4)c23)cc(C(C)(C)C)c1. The van der Waals surface area contributed by atoms with E-state index in [1.807, 2.05) is 12.1 Å². The molecule has 0 aliphatic heterocycles. The molecule has 68 heavy (non-hydrogen) atoms. The first kappa shape index (κ1) is 42.7. The Morgan fingerprint density at radius 1 is 0.324 bits per heavy atom. The van der Waals surface area contributed by atoms with Gasteiger partial charge in [-0.25, -0.2) is 0 Å². The molecular formula is C66H55NO. The van der Waals surface area contributed by atoms with Crippen LogP contribution >= 0.6 is 0 Å². The van der Waals surface area contributed by atoms with Crippen LogP contribution in [-0.4, -0.2) is 0 Å². The lowest BCUT2D eigenvalue weighted by Gasteiger charge is -2.29. The molecule has 0 spiro atoms. The third kappa shape index (κ3) is 8.07. The molecule has 1 aromatic heterocycles. The zero-order valence-electron chi connectivity index (χ0n) is 39.7. The summed E-state index contributed by atoms with van der Waals surface area (Å²) in [6.07, 6.45) is 0. The molecule has 0 unspecified atom stereocenters. The maximum Gasteiger partial charge on any atom is 0.135 e. The quantitative estimate of drug-likeness (QED) is 0.151. The number of benzene rings is 10. The Kier molecular flexibility index (Phi) is 10.7. The van der Waals surface area contributed by atoms with Gasteiger partial charge in [0.15, 0.2) is 0 Å². The first-order valence-electron chi connectivity index (χ1n) is 23.8. The van der Waals surface area contributed by atoms with Gasteiger partial charge < -0.3 is 9.32 Å². The van der Waals surface area contributed by atoms with E-state index in [9.17, 15) is 0 Å². The third-order valence-electron chi connectivity index (χ3n) is 13.6. The Labute approximate surface area is 400 Å². The van der Waals surface area contributed by atoms with E-state index in [4.69, 9.17) is 4.42 Å². The van der Waals surface area contributed by atoms with Crippen molar-refractivity contribution in [2.24, 2.45) is 0 Å². The normalized spacial score (nSPS) is 12.0. The number of para-hydroxylation sites is 2. The van der Waals surface area contributed by atoms with Gasteiger partial charge in [-0.2, -0.15) is 0 Å². The summed E-state index contributed by atoms with van der Waals surface area (Å²) in [4.78, 5) is 2.44. The summed E-state index contributed by atoms with van der Waals surface area (Å²) in [5.41, 5.74) is 19.6. The van der Waals surface area contributed by atoms with Crippen LogP contribution in [0.4, 0.5) is 17.1 Å². The summed E-state index contributed by atoms with van der Waals surface area (Å²) in [5, 5.41) is 4.70. The first-order valence-corrected chi connectivity index (χ1v) is 23.8. The van der Waals surface area contributed by atoms with E-state index in [1.165, 1.54) is 60.8 Å². The van der Waals surface area contributed by atoms with Gasteiger partial charge in [-0.15, -0.1) is 0 Å². The lowest BCUT2D eigenvalue weighted by molar-refractivity contribution is 0.569. The molecule has 1 heterocycles. The summed E-state index contributed by atoms with van der Waals surface area (Å²) >= 11 is 0. The second kappa shape index (κ2) is 17.0.